The van der Waals surface area contributed by atoms with E-state index in [4.69, 9.17) is 5.11 Å². The number of allylic oxidation sites excluding steroid dienone is 1. The van der Waals surface area contributed by atoms with Crippen LogP contribution in [0.3, 0.4) is 0 Å². The van der Waals surface area contributed by atoms with Crippen molar-refractivity contribution in [2.45, 2.75) is 25.6 Å². The predicted octanol–water partition coefficient (Wildman–Crippen LogP) is 1.66. The minimum absolute atomic E-state index is 0.0307. The molecule has 0 aliphatic rings. The molecule has 1 N–H and O–H groups in total. The zero-order valence-corrected chi connectivity index (χ0v) is 8.25. The number of hydrogen-bond donors (Lipinski definition) is 1. The molecule has 0 aromatic carbocycles. The maximum Gasteiger partial charge on any atom is 0.415 e. The van der Waals surface area contributed by atoms with Gasteiger partial charge in [-0.1, -0.05) is 6.08 Å². The molecule has 2 unspecified atom stereocenters. The van der Waals surface area contributed by atoms with Crippen LogP contribution in [0.5, 0.6) is 0 Å². The van der Waals surface area contributed by atoms with Crippen LogP contribution in [-0.4, -0.2) is 30.0 Å². The molecule has 0 amide bonds. The lowest BCUT2D eigenvalue weighted by molar-refractivity contribution is -0.223. The molecule has 0 aromatic heterocycles. The van der Waals surface area contributed by atoms with E-state index in [0.29, 0.717) is 0 Å². The molecular formula is C9H13F3O3. The number of aliphatic hydroxyl groups is 1. The zero-order valence-electron chi connectivity index (χ0n) is 8.25. The summed E-state index contributed by atoms with van der Waals surface area (Å²) in [7, 11) is 0. The van der Waals surface area contributed by atoms with Crippen LogP contribution >= 0.6 is 0 Å². The lowest BCUT2D eigenvalue weighted by Crippen LogP contribution is -2.40. The van der Waals surface area contributed by atoms with E-state index in [1.807, 2.05) is 0 Å². The van der Waals surface area contributed by atoms with Crippen LogP contribution in [0.15, 0.2) is 12.7 Å². The van der Waals surface area contributed by atoms with E-state index < -0.39 is 24.2 Å². The maximum absolute atomic E-state index is 12.1. The normalized spacial score (nSPS) is 15.5. The molecule has 0 rings (SSSR count). The smallest absolute Gasteiger partial charge is 0.415 e. The van der Waals surface area contributed by atoms with Crippen molar-refractivity contribution in [1.29, 1.82) is 0 Å². The fourth-order valence-corrected chi connectivity index (χ4v) is 1.01. The van der Waals surface area contributed by atoms with Gasteiger partial charge in [-0.3, -0.25) is 4.79 Å². The van der Waals surface area contributed by atoms with Gasteiger partial charge >= 0.3 is 12.1 Å². The average Bonchev–Trinajstić information content (AvgIpc) is 2.12. The Hall–Kier alpha value is -1.04. The summed E-state index contributed by atoms with van der Waals surface area (Å²) in [6.45, 7) is 4.67. The molecule has 0 spiro atoms. The number of carbonyl (C=O) groups is 1. The maximum atomic E-state index is 12.1. The van der Waals surface area contributed by atoms with Gasteiger partial charge in [0.05, 0.1) is 12.5 Å². The van der Waals surface area contributed by atoms with E-state index in [1.54, 1.807) is 0 Å². The van der Waals surface area contributed by atoms with Crippen molar-refractivity contribution in [3.8, 4) is 0 Å². The van der Waals surface area contributed by atoms with Crippen molar-refractivity contribution >= 4 is 5.97 Å². The average molecular weight is 226 g/mol. The van der Waals surface area contributed by atoms with Gasteiger partial charge in [-0.15, -0.1) is 6.58 Å². The summed E-state index contributed by atoms with van der Waals surface area (Å²) in [4.78, 5) is 11.1. The fraction of sp³-hybridized carbons (Fsp3) is 0.667. The van der Waals surface area contributed by atoms with Crippen molar-refractivity contribution in [3.63, 3.8) is 0 Å². The van der Waals surface area contributed by atoms with Crippen LogP contribution in [0.4, 0.5) is 13.2 Å². The number of rotatable bonds is 5. The molecule has 0 saturated heterocycles. The van der Waals surface area contributed by atoms with Crippen LogP contribution in [0, 0.1) is 5.92 Å². The molecule has 0 bridgehead atoms. The molecule has 0 radical (unpaired) electrons. The first-order valence-corrected chi connectivity index (χ1v) is 4.36. The molecule has 0 fully saturated rings. The number of hydrogen-bond acceptors (Lipinski definition) is 3. The van der Waals surface area contributed by atoms with Crippen molar-refractivity contribution < 1.29 is 27.8 Å². The second kappa shape index (κ2) is 5.75. The van der Waals surface area contributed by atoms with Gasteiger partial charge in [0.1, 0.15) is 0 Å². The molecule has 0 aliphatic heterocycles. The van der Waals surface area contributed by atoms with E-state index in [0.717, 1.165) is 6.08 Å². The van der Waals surface area contributed by atoms with Gasteiger partial charge in [-0.2, -0.15) is 13.2 Å². The molecule has 0 saturated carbocycles. The Morgan fingerprint density at radius 2 is 2.13 bits per heavy atom. The molecular weight excluding hydrogens is 213 g/mol. The van der Waals surface area contributed by atoms with Gasteiger partial charge in [-0.05, 0) is 13.3 Å². The van der Waals surface area contributed by atoms with Gasteiger partial charge in [-0.25, -0.2) is 0 Å². The first-order chi connectivity index (χ1) is 6.84. The summed E-state index contributed by atoms with van der Waals surface area (Å²) >= 11 is 0. The molecule has 6 heteroatoms. The number of halogens is 3. The summed E-state index contributed by atoms with van der Waals surface area (Å²) in [6, 6.07) is 0. The number of esters is 1. The van der Waals surface area contributed by atoms with Gasteiger partial charge in [0, 0.05) is 0 Å². The standard InChI is InChI=1S/C9H13F3O3/c1-3-5-6(8(14)15-4-2)7(13)9(10,11)12/h3,6-7,13H,1,4-5H2,2H3. The van der Waals surface area contributed by atoms with Crippen molar-refractivity contribution in [3.05, 3.63) is 12.7 Å². The highest BCUT2D eigenvalue weighted by atomic mass is 19.4. The third kappa shape index (κ3) is 4.33. The number of carbonyl (C=O) groups excluding carboxylic acids is 1. The Kier molecular flexibility index (Phi) is 5.35. The van der Waals surface area contributed by atoms with Gasteiger partial charge in [0.25, 0.3) is 0 Å². The monoisotopic (exact) mass is 226 g/mol. The van der Waals surface area contributed by atoms with Gasteiger partial charge in [0.2, 0.25) is 0 Å². The van der Waals surface area contributed by atoms with E-state index in [9.17, 15) is 18.0 Å². The first-order valence-electron chi connectivity index (χ1n) is 4.36. The first kappa shape index (κ1) is 14.0. The number of ether oxygens (including phenoxy) is 1. The molecule has 15 heavy (non-hydrogen) atoms. The molecule has 0 aromatic rings. The Labute approximate surface area is 85.5 Å². The Bertz CT molecular complexity index is 225. The third-order valence-electron chi connectivity index (χ3n) is 1.73. The van der Waals surface area contributed by atoms with Crippen LogP contribution in [0.25, 0.3) is 0 Å². The lowest BCUT2D eigenvalue weighted by Gasteiger charge is -2.22. The summed E-state index contributed by atoms with van der Waals surface area (Å²) < 4.78 is 40.8. The molecule has 0 heterocycles. The van der Waals surface area contributed by atoms with Crippen LogP contribution < -0.4 is 0 Å². The molecule has 88 valence electrons. The topological polar surface area (TPSA) is 46.5 Å². The van der Waals surface area contributed by atoms with Gasteiger partial charge in [0.15, 0.2) is 6.10 Å². The number of aliphatic hydroxyl groups excluding tert-OH is 1. The summed E-state index contributed by atoms with van der Waals surface area (Å²) in [6.07, 6.45) is -6.69. The van der Waals surface area contributed by atoms with Crippen molar-refractivity contribution in [1.82, 2.24) is 0 Å². The SMILES string of the molecule is C=CCC(C(=O)OCC)C(O)C(F)(F)F. The van der Waals surface area contributed by atoms with Crippen LogP contribution in [0.1, 0.15) is 13.3 Å². The Morgan fingerprint density at radius 3 is 2.47 bits per heavy atom. The highest BCUT2D eigenvalue weighted by Crippen LogP contribution is 2.28. The quantitative estimate of drug-likeness (QED) is 0.573. The minimum Gasteiger partial charge on any atom is -0.466 e. The van der Waals surface area contributed by atoms with E-state index >= 15 is 0 Å². The molecule has 3 nitrogen and oxygen atoms in total. The highest BCUT2D eigenvalue weighted by molar-refractivity contribution is 5.73. The van der Waals surface area contributed by atoms with E-state index in [-0.39, 0.29) is 13.0 Å². The fourth-order valence-electron chi connectivity index (χ4n) is 1.01. The summed E-state index contributed by atoms with van der Waals surface area (Å²) in [5, 5.41) is 8.90. The minimum atomic E-state index is -4.83. The van der Waals surface area contributed by atoms with Crippen LogP contribution in [-0.2, 0) is 9.53 Å². The Morgan fingerprint density at radius 1 is 1.60 bits per heavy atom. The Balaban J connectivity index is 4.64. The highest BCUT2D eigenvalue weighted by Gasteiger charge is 2.46. The van der Waals surface area contributed by atoms with E-state index in [2.05, 4.69) is 11.3 Å². The summed E-state index contributed by atoms with van der Waals surface area (Å²) in [5.74, 6) is -2.70. The lowest BCUT2D eigenvalue weighted by atomic mass is 9.98. The van der Waals surface area contributed by atoms with Crippen molar-refractivity contribution in [2.75, 3.05) is 6.61 Å². The number of alkyl halides is 3. The summed E-state index contributed by atoms with van der Waals surface area (Å²) in [5.41, 5.74) is 0. The predicted molar refractivity (Wildman–Crippen MR) is 47.0 cm³/mol. The second-order valence-electron chi connectivity index (χ2n) is 2.87. The largest absolute Gasteiger partial charge is 0.466 e. The van der Waals surface area contributed by atoms with Crippen molar-refractivity contribution in [2.24, 2.45) is 5.92 Å². The second-order valence-corrected chi connectivity index (χ2v) is 2.87. The molecule has 2 atom stereocenters. The van der Waals surface area contributed by atoms with E-state index in [1.165, 1.54) is 6.92 Å². The third-order valence-corrected chi connectivity index (χ3v) is 1.73. The van der Waals surface area contributed by atoms with Crippen LogP contribution in [0.2, 0.25) is 0 Å². The van der Waals surface area contributed by atoms with Gasteiger partial charge < -0.3 is 9.84 Å². The molecule has 0 aliphatic carbocycles. The zero-order chi connectivity index (χ0) is 12.1.